The number of ether oxygens (including phenoxy) is 1. The molecule has 0 aliphatic carbocycles. The van der Waals surface area contributed by atoms with Crippen molar-refractivity contribution in [2.24, 2.45) is 7.05 Å². The Morgan fingerprint density at radius 1 is 1.00 bits per heavy atom. The molecular weight excluding hydrogens is 398 g/mol. The normalized spacial score (nSPS) is 10.9. The maximum atomic E-state index is 12.3. The fourth-order valence-electron chi connectivity index (χ4n) is 3.10. The lowest BCUT2D eigenvalue weighted by molar-refractivity contribution is 0.293. The van der Waals surface area contributed by atoms with Crippen molar-refractivity contribution in [1.82, 2.24) is 24.8 Å². The SMILES string of the molecule is CSc1ccc(-c2cccc(OCc3c(C)cccc3-n3nnn(C)c3=O)n2)cc1. The summed E-state index contributed by atoms with van der Waals surface area (Å²) in [7, 11) is 1.57. The van der Waals surface area contributed by atoms with E-state index in [9.17, 15) is 4.79 Å². The number of aryl methyl sites for hydroxylation is 2. The monoisotopic (exact) mass is 419 g/mol. The van der Waals surface area contributed by atoms with E-state index >= 15 is 0 Å². The fourth-order valence-corrected chi connectivity index (χ4v) is 3.51. The molecule has 2 aromatic heterocycles. The van der Waals surface area contributed by atoms with Crippen LogP contribution >= 0.6 is 11.8 Å². The Kier molecular flexibility index (Phi) is 5.67. The number of thioether (sulfide) groups is 1. The van der Waals surface area contributed by atoms with Crippen molar-refractivity contribution >= 4 is 11.8 Å². The molecule has 4 rings (SSSR count). The zero-order chi connectivity index (χ0) is 21.1. The second-order valence-electron chi connectivity index (χ2n) is 6.75. The third kappa shape index (κ3) is 3.99. The smallest absolute Gasteiger partial charge is 0.368 e. The topological polar surface area (TPSA) is 74.8 Å². The number of aromatic nitrogens is 5. The van der Waals surface area contributed by atoms with Gasteiger partial charge in [-0.05, 0) is 53.4 Å². The number of rotatable bonds is 6. The van der Waals surface area contributed by atoms with E-state index in [-0.39, 0.29) is 12.3 Å². The molecule has 2 aromatic carbocycles. The van der Waals surface area contributed by atoms with Crippen molar-refractivity contribution in [3.05, 3.63) is 82.3 Å². The molecule has 152 valence electrons. The molecule has 0 unspecified atom stereocenters. The molecule has 7 nitrogen and oxygen atoms in total. The molecule has 0 radical (unpaired) electrons. The fraction of sp³-hybridized carbons (Fsp3) is 0.182. The van der Waals surface area contributed by atoms with E-state index in [1.807, 2.05) is 43.3 Å². The van der Waals surface area contributed by atoms with Gasteiger partial charge in [0, 0.05) is 29.1 Å². The zero-order valence-corrected chi connectivity index (χ0v) is 17.8. The number of nitrogens with zero attached hydrogens (tertiary/aromatic N) is 5. The first-order valence-corrected chi connectivity index (χ1v) is 10.6. The first-order chi connectivity index (χ1) is 14.6. The molecular formula is C22H21N5O2S. The van der Waals surface area contributed by atoms with Crippen molar-refractivity contribution in [2.45, 2.75) is 18.4 Å². The third-order valence-electron chi connectivity index (χ3n) is 4.81. The average Bonchev–Trinajstić information content (AvgIpc) is 3.11. The summed E-state index contributed by atoms with van der Waals surface area (Å²) in [4.78, 5) is 18.1. The molecule has 0 spiro atoms. The highest BCUT2D eigenvalue weighted by molar-refractivity contribution is 7.98. The summed E-state index contributed by atoms with van der Waals surface area (Å²) in [5.41, 5.74) is 4.06. The Balaban J connectivity index is 1.60. The molecule has 0 aliphatic rings. The summed E-state index contributed by atoms with van der Waals surface area (Å²) in [5.74, 6) is 0.516. The molecule has 0 atom stereocenters. The molecule has 8 heteroatoms. The maximum Gasteiger partial charge on any atom is 0.368 e. The molecule has 30 heavy (non-hydrogen) atoms. The van der Waals surface area contributed by atoms with Gasteiger partial charge in [0.25, 0.3) is 0 Å². The van der Waals surface area contributed by atoms with Crippen LogP contribution in [0, 0.1) is 6.92 Å². The minimum absolute atomic E-state index is 0.257. The summed E-state index contributed by atoms with van der Waals surface area (Å²) in [6.07, 6.45) is 2.05. The average molecular weight is 420 g/mol. The van der Waals surface area contributed by atoms with E-state index in [1.165, 1.54) is 14.3 Å². The van der Waals surface area contributed by atoms with E-state index in [0.29, 0.717) is 11.6 Å². The number of tetrazole rings is 1. The Bertz CT molecular complexity index is 1230. The van der Waals surface area contributed by atoms with Crippen molar-refractivity contribution in [3.8, 4) is 22.8 Å². The van der Waals surface area contributed by atoms with Crippen LogP contribution in [-0.2, 0) is 13.7 Å². The van der Waals surface area contributed by atoms with E-state index in [1.54, 1.807) is 18.8 Å². The predicted molar refractivity (Wildman–Crippen MR) is 117 cm³/mol. The van der Waals surface area contributed by atoms with Crippen LogP contribution < -0.4 is 10.4 Å². The van der Waals surface area contributed by atoms with Crippen LogP contribution in [0.4, 0.5) is 0 Å². The van der Waals surface area contributed by atoms with Crippen molar-refractivity contribution in [3.63, 3.8) is 0 Å². The second kappa shape index (κ2) is 8.54. The minimum Gasteiger partial charge on any atom is -0.473 e. The van der Waals surface area contributed by atoms with Gasteiger partial charge in [0.15, 0.2) is 0 Å². The van der Waals surface area contributed by atoms with Crippen LogP contribution in [-0.4, -0.2) is 31.0 Å². The number of hydrogen-bond donors (Lipinski definition) is 0. The van der Waals surface area contributed by atoms with Crippen LogP contribution in [0.25, 0.3) is 16.9 Å². The van der Waals surface area contributed by atoms with Gasteiger partial charge in [-0.1, -0.05) is 30.3 Å². The van der Waals surface area contributed by atoms with Gasteiger partial charge in [-0.2, -0.15) is 9.36 Å². The Hall–Kier alpha value is -3.39. The Morgan fingerprint density at radius 2 is 1.77 bits per heavy atom. The molecule has 2 heterocycles. The van der Waals surface area contributed by atoms with E-state index in [4.69, 9.17) is 4.74 Å². The van der Waals surface area contributed by atoms with Gasteiger partial charge >= 0.3 is 5.69 Å². The Morgan fingerprint density at radius 3 is 2.47 bits per heavy atom. The van der Waals surface area contributed by atoms with Crippen LogP contribution in [0.2, 0.25) is 0 Å². The van der Waals surface area contributed by atoms with Crippen LogP contribution in [0.3, 0.4) is 0 Å². The van der Waals surface area contributed by atoms with Gasteiger partial charge < -0.3 is 4.74 Å². The Labute approximate surface area is 178 Å². The van der Waals surface area contributed by atoms with Gasteiger partial charge in [0.2, 0.25) is 5.88 Å². The summed E-state index contributed by atoms with van der Waals surface area (Å²) < 4.78 is 8.48. The lowest BCUT2D eigenvalue weighted by Crippen LogP contribution is -2.23. The highest BCUT2D eigenvalue weighted by Crippen LogP contribution is 2.24. The molecule has 0 saturated carbocycles. The highest BCUT2D eigenvalue weighted by atomic mass is 32.2. The number of benzene rings is 2. The number of hydrogen-bond acceptors (Lipinski definition) is 6. The van der Waals surface area contributed by atoms with Gasteiger partial charge in [-0.25, -0.2) is 9.78 Å². The molecule has 0 aliphatic heterocycles. The molecule has 0 amide bonds. The quantitative estimate of drug-likeness (QED) is 0.444. The van der Waals surface area contributed by atoms with Crippen LogP contribution in [0.5, 0.6) is 5.88 Å². The first-order valence-electron chi connectivity index (χ1n) is 9.39. The standard InChI is InChI=1S/C22H21N5O2S/c1-15-6-4-8-20(27-22(28)26(2)24-25-27)18(15)14-29-21-9-5-7-19(23-21)16-10-12-17(30-3)13-11-16/h4-13H,14H2,1-3H3. The number of pyridine rings is 1. The van der Waals surface area contributed by atoms with Gasteiger partial charge in [0.05, 0.1) is 11.4 Å². The largest absolute Gasteiger partial charge is 0.473 e. The van der Waals surface area contributed by atoms with Crippen molar-refractivity contribution in [2.75, 3.05) is 6.26 Å². The zero-order valence-electron chi connectivity index (χ0n) is 16.9. The van der Waals surface area contributed by atoms with E-state index in [0.717, 1.165) is 22.4 Å². The second-order valence-corrected chi connectivity index (χ2v) is 7.63. The van der Waals surface area contributed by atoms with Crippen molar-refractivity contribution < 1.29 is 4.74 Å². The lowest BCUT2D eigenvalue weighted by atomic mass is 10.1. The highest BCUT2D eigenvalue weighted by Gasteiger charge is 2.14. The minimum atomic E-state index is -0.310. The van der Waals surface area contributed by atoms with E-state index < -0.39 is 0 Å². The lowest BCUT2D eigenvalue weighted by Gasteiger charge is -2.13. The maximum absolute atomic E-state index is 12.3. The van der Waals surface area contributed by atoms with Gasteiger partial charge in [-0.3, -0.25) is 0 Å². The molecule has 4 aromatic rings. The van der Waals surface area contributed by atoms with Gasteiger partial charge in [-0.15, -0.1) is 11.8 Å². The summed E-state index contributed by atoms with van der Waals surface area (Å²) >= 11 is 1.70. The summed E-state index contributed by atoms with van der Waals surface area (Å²) in [6.45, 7) is 2.23. The molecule has 0 fully saturated rings. The van der Waals surface area contributed by atoms with Crippen LogP contribution in [0.1, 0.15) is 11.1 Å². The molecule has 0 N–H and O–H groups in total. The van der Waals surface area contributed by atoms with E-state index in [2.05, 4.69) is 45.9 Å². The third-order valence-corrected chi connectivity index (χ3v) is 5.55. The summed E-state index contributed by atoms with van der Waals surface area (Å²) in [6, 6.07) is 19.7. The molecule has 0 bridgehead atoms. The summed E-state index contributed by atoms with van der Waals surface area (Å²) in [5, 5.41) is 7.76. The van der Waals surface area contributed by atoms with Crippen LogP contribution in [0.15, 0.2) is 70.4 Å². The first kappa shape index (κ1) is 19.9. The predicted octanol–water partition coefficient (Wildman–Crippen LogP) is 3.64. The van der Waals surface area contributed by atoms with Crippen molar-refractivity contribution in [1.29, 1.82) is 0 Å². The van der Waals surface area contributed by atoms with Gasteiger partial charge in [0.1, 0.15) is 6.61 Å². The molecule has 0 saturated heterocycles.